The molecule has 0 aromatic carbocycles. The van der Waals surface area contributed by atoms with Crippen molar-refractivity contribution in [3.05, 3.63) is 0 Å². The molecule has 1 aliphatic heterocycles. The molecular formula is C8H17NO. The second-order valence-corrected chi connectivity index (χ2v) is 3.07. The molecule has 1 fully saturated rings. The Bertz CT molecular complexity index is 93.3. The summed E-state index contributed by atoms with van der Waals surface area (Å²) in [7, 11) is 1.77. The van der Waals surface area contributed by atoms with E-state index in [2.05, 4.69) is 11.8 Å². The Balaban J connectivity index is 2.25. The molecule has 2 nitrogen and oxygen atoms in total. The number of rotatable bonds is 2. The molecule has 0 radical (unpaired) electrons. The molecule has 0 saturated carbocycles. The number of likely N-dealkylation sites (tertiary alicyclic amines) is 1. The molecule has 1 rings (SSSR count). The van der Waals surface area contributed by atoms with Crippen LogP contribution in [0.1, 0.15) is 26.2 Å². The Morgan fingerprint density at radius 3 is 2.90 bits per heavy atom. The van der Waals surface area contributed by atoms with Crippen molar-refractivity contribution in [2.75, 3.05) is 20.4 Å². The van der Waals surface area contributed by atoms with Crippen molar-refractivity contribution in [3.63, 3.8) is 0 Å². The van der Waals surface area contributed by atoms with Gasteiger partial charge >= 0.3 is 0 Å². The van der Waals surface area contributed by atoms with E-state index >= 15 is 0 Å². The molecule has 1 atom stereocenters. The summed E-state index contributed by atoms with van der Waals surface area (Å²) in [6.45, 7) is 4.30. The fourth-order valence-electron chi connectivity index (χ4n) is 1.52. The zero-order valence-corrected chi connectivity index (χ0v) is 6.97. The average Bonchev–Trinajstić information content (AvgIpc) is 1.94. The van der Waals surface area contributed by atoms with Gasteiger partial charge in [0.05, 0.1) is 6.73 Å². The van der Waals surface area contributed by atoms with Gasteiger partial charge in [0.2, 0.25) is 0 Å². The van der Waals surface area contributed by atoms with Gasteiger partial charge in [-0.15, -0.1) is 0 Å². The molecule has 1 unspecified atom stereocenters. The maximum absolute atomic E-state index is 5.08. The first-order valence-corrected chi connectivity index (χ1v) is 4.07. The molecule has 10 heavy (non-hydrogen) atoms. The number of hydrogen-bond acceptors (Lipinski definition) is 2. The lowest BCUT2D eigenvalue weighted by Gasteiger charge is -2.32. The van der Waals surface area contributed by atoms with Crippen LogP contribution >= 0.6 is 0 Å². The molecule has 0 bridgehead atoms. The first-order chi connectivity index (χ1) is 4.84. The monoisotopic (exact) mass is 143 g/mol. The van der Waals surface area contributed by atoms with Crippen LogP contribution in [0.5, 0.6) is 0 Å². The van der Waals surface area contributed by atoms with Crippen LogP contribution in [0.15, 0.2) is 0 Å². The van der Waals surface area contributed by atoms with Gasteiger partial charge in [-0.3, -0.25) is 4.90 Å². The minimum atomic E-state index is 0.730. The summed E-state index contributed by atoms with van der Waals surface area (Å²) in [5, 5.41) is 0. The van der Waals surface area contributed by atoms with Crippen molar-refractivity contribution in [1.29, 1.82) is 0 Å². The predicted octanol–water partition coefficient (Wildman–Crippen LogP) is 1.46. The van der Waals surface area contributed by atoms with E-state index in [9.17, 15) is 0 Å². The summed E-state index contributed by atoms with van der Waals surface area (Å²) in [6.07, 6.45) is 4.07. The third kappa shape index (κ3) is 1.96. The summed E-state index contributed by atoms with van der Waals surface area (Å²) in [4.78, 5) is 2.39. The Kier molecular flexibility index (Phi) is 3.16. The summed E-state index contributed by atoms with van der Waals surface area (Å²) >= 11 is 0. The largest absolute Gasteiger partial charge is 0.369 e. The van der Waals surface area contributed by atoms with Crippen LogP contribution in [0.2, 0.25) is 0 Å². The van der Waals surface area contributed by atoms with Gasteiger partial charge in [0.15, 0.2) is 0 Å². The van der Waals surface area contributed by atoms with E-state index in [4.69, 9.17) is 4.74 Å². The highest BCUT2D eigenvalue weighted by Gasteiger charge is 2.16. The number of ether oxygens (including phenoxy) is 1. The fraction of sp³-hybridized carbons (Fsp3) is 1.00. The average molecular weight is 143 g/mol. The second kappa shape index (κ2) is 3.94. The molecule has 0 aliphatic carbocycles. The van der Waals surface area contributed by atoms with E-state index in [1.54, 1.807) is 7.11 Å². The topological polar surface area (TPSA) is 12.5 Å². The maximum atomic E-state index is 5.08. The van der Waals surface area contributed by atoms with Crippen molar-refractivity contribution >= 4 is 0 Å². The Morgan fingerprint density at radius 1 is 1.50 bits per heavy atom. The van der Waals surface area contributed by atoms with Crippen molar-refractivity contribution in [2.24, 2.45) is 0 Å². The molecule has 0 spiro atoms. The number of nitrogens with zero attached hydrogens (tertiary/aromatic N) is 1. The van der Waals surface area contributed by atoms with E-state index in [-0.39, 0.29) is 0 Å². The molecule has 0 amide bonds. The third-order valence-corrected chi connectivity index (χ3v) is 2.24. The molecule has 1 heterocycles. The fourth-order valence-corrected chi connectivity index (χ4v) is 1.52. The highest BCUT2D eigenvalue weighted by atomic mass is 16.5. The Labute approximate surface area is 63.2 Å². The smallest absolute Gasteiger partial charge is 0.0988 e. The lowest BCUT2D eigenvalue weighted by atomic mass is 10.1. The van der Waals surface area contributed by atoms with Crippen LogP contribution in [0.4, 0.5) is 0 Å². The summed E-state index contributed by atoms with van der Waals surface area (Å²) in [6, 6.07) is 0.730. The van der Waals surface area contributed by atoms with Crippen molar-refractivity contribution in [3.8, 4) is 0 Å². The molecule has 1 saturated heterocycles. The third-order valence-electron chi connectivity index (χ3n) is 2.24. The van der Waals surface area contributed by atoms with Gasteiger partial charge < -0.3 is 4.74 Å². The molecular weight excluding hydrogens is 126 g/mol. The maximum Gasteiger partial charge on any atom is 0.0988 e. The highest BCUT2D eigenvalue weighted by Crippen LogP contribution is 2.15. The SMILES string of the molecule is COCN1CCCCC1C. The lowest BCUT2D eigenvalue weighted by Crippen LogP contribution is -2.38. The normalized spacial score (nSPS) is 28.8. The van der Waals surface area contributed by atoms with Crippen LogP contribution in [0.3, 0.4) is 0 Å². The molecule has 2 heteroatoms. The van der Waals surface area contributed by atoms with Gasteiger partial charge in [0.25, 0.3) is 0 Å². The second-order valence-electron chi connectivity index (χ2n) is 3.07. The molecule has 1 aliphatic rings. The van der Waals surface area contributed by atoms with Crippen LogP contribution in [0, 0.1) is 0 Å². The van der Waals surface area contributed by atoms with Crippen LogP contribution in [-0.2, 0) is 4.74 Å². The van der Waals surface area contributed by atoms with Gasteiger partial charge in [-0.2, -0.15) is 0 Å². The Morgan fingerprint density at radius 2 is 2.30 bits per heavy atom. The number of methoxy groups -OCH3 is 1. The van der Waals surface area contributed by atoms with Crippen LogP contribution in [0.25, 0.3) is 0 Å². The zero-order chi connectivity index (χ0) is 7.40. The number of piperidine rings is 1. The quantitative estimate of drug-likeness (QED) is 0.580. The van der Waals surface area contributed by atoms with Gasteiger partial charge in [-0.25, -0.2) is 0 Å². The standard InChI is InChI=1S/C8H17NO/c1-8-5-3-4-6-9(8)7-10-2/h8H,3-7H2,1-2H3. The van der Waals surface area contributed by atoms with Gasteiger partial charge in [0.1, 0.15) is 0 Å². The molecule has 0 aromatic heterocycles. The van der Waals surface area contributed by atoms with Crippen molar-refractivity contribution < 1.29 is 4.74 Å². The highest BCUT2D eigenvalue weighted by molar-refractivity contribution is 4.70. The number of hydrogen-bond donors (Lipinski definition) is 0. The molecule has 0 N–H and O–H groups in total. The Hall–Kier alpha value is -0.0800. The summed E-state index contributed by atoms with van der Waals surface area (Å²) in [5.74, 6) is 0. The van der Waals surface area contributed by atoms with Crippen LogP contribution in [-0.4, -0.2) is 31.3 Å². The van der Waals surface area contributed by atoms with Crippen molar-refractivity contribution in [1.82, 2.24) is 4.90 Å². The van der Waals surface area contributed by atoms with Crippen molar-refractivity contribution in [2.45, 2.75) is 32.2 Å². The minimum absolute atomic E-state index is 0.730. The minimum Gasteiger partial charge on any atom is -0.369 e. The predicted molar refractivity (Wildman–Crippen MR) is 41.9 cm³/mol. The lowest BCUT2D eigenvalue weighted by molar-refractivity contribution is 0.0211. The first kappa shape index (κ1) is 8.02. The van der Waals surface area contributed by atoms with Crippen LogP contribution < -0.4 is 0 Å². The summed E-state index contributed by atoms with van der Waals surface area (Å²) in [5.41, 5.74) is 0. The van der Waals surface area contributed by atoms with E-state index < -0.39 is 0 Å². The summed E-state index contributed by atoms with van der Waals surface area (Å²) < 4.78 is 5.08. The first-order valence-electron chi connectivity index (χ1n) is 4.07. The van der Waals surface area contributed by atoms with Gasteiger partial charge in [-0.05, 0) is 19.8 Å². The molecule has 60 valence electrons. The van der Waals surface area contributed by atoms with Gasteiger partial charge in [-0.1, -0.05) is 6.42 Å². The van der Waals surface area contributed by atoms with E-state index in [1.165, 1.54) is 25.8 Å². The van der Waals surface area contributed by atoms with Gasteiger partial charge in [0, 0.05) is 19.7 Å². The zero-order valence-electron chi connectivity index (χ0n) is 6.97. The van der Waals surface area contributed by atoms with E-state index in [1.807, 2.05) is 0 Å². The molecule has 0 aromatic rings. The van der Waals surface area contributed by atoms with E-state index in [0.29, 0.717) is 0 Å². The van der Waals surface area contributed by atoms with E-state index in [0.717, 1.165) is 12.8 Å².